The molecule has 1 atom stereocenters. The number of hydrogen-bond donors (Lipinski definition) is 2. The third-order valence-electron chi connectivity index (χ3n) is 4.81. The average Bonchev–Trinajstić information content (AvgIpc) is 2.75. The van der Waals surface area contributed by atoms with Gasteiger partial charge in [0.25, 0.3) is 0 Å². The molecule has 29 heavy (non-hydrogen) atoms. The molecule has 152 valence electrons. The molecule has 3 aromatic carbocycles. The van der Waals surface area contributed by atoms with E-state index in [1.54, 1.807) is 13.2 Å². The first-order valence-electron chi connectivity index (χ1n) is 9.56. The fraction of sp³-hybridized carbons (Fsp3) is 0.250. The van der Waals surface area contributed by atoms with E-state index in [2.05, 4.69) is 18.3 Å². The van der Waals surface area contributed by atoms with Crippen molar-refractivity contribution in [1.82, 2.24) is 5.32 Å². The Labute approximate surface area is 177 Å². The van der Waals surface area contributed by atoms with Gasteiger partial charge in [0.2, 0.25) is 0 Å². The van der Waals surface area contributed by atoms with Crippen molar-refractivity contribution in [3.63, 3.8) is 0 Å². The topological polar surface area (TPSA) is 50.7 Å². The number of hydrogen-bond acceptors (Lipinski definition) is 4. The van der Waals surface area contributed by atoms with Crippen LogP contribution >= 0.6 is 11.6 Å². The summed E-state index contributed by atoms with van der Waals surface area (Å²) in [7, 11) is 1.61. The Kier molecular flexibility index (Phi) is 7.53. The van der Waals surface area contributed by atoms with Crippen molar-refractivity contribution < 1.29 is 14.6 Å². The second kappa shape index (κ2) is 10.3. The highest BCUT2D eigenvalue weighted by Gasteiger charge is 2.12. The van der Waals surface area contributed by atoms with Crippen LogP contribution in [-0.2, 0) is 13.2 Å². The van der Waals surface area contributed by atoms with Crippen molar-refractivity contribution in [2.24, 2.45) is 0 Å². The van der Waals surface area contributed by atoms with E-state index in [0.717, 1.165) is 16.7 Å². The molecule has 2 N–H and O–H groups in total. The third kappa shape index (κ3) is 5.73. The molecule has 3 rings (SSSR count). The first-order chi connectivity index (χ1) is 14.1. The number of rotatable bonds is 9. The van der Waals surface area contributed by atoms with Gasteiger partial charge in [-0.2, -0.15) is 0 Å². The number of aliphatic hydroxyl groups is 1. The normalized spacial score (nSPS) is 11.9. The molecule has 1 unspecified atom stereocenters. The molecule has 0 fully saturated rings. The average molecular weight is 412 g/mol. The van der Waals surface area contributed by atoms with Crippen molar-refractivity contribution in [2.75, 3.05) is 13.7 Å². The van der Waals surface area contributed by atoms with E-state index < -0.39 is 6.10 Å². The Bertz CT molecular complexity index is 931. The molecule has 0 heterocycles. The molecule has 0 spiro atoms. The van der Waals surface area contributed by atoms with E-state index in [-0.39, 0.29) is 0 Å². The van der Waals surface area contributed by atoms with Crippen molar-refractivity contribution in [3.05, 3.63) is 94.0 Å². The lowest BCUT2D eigenvalue weighted by molar-refractivity contribution is 0.174. The summed E-state index contributed by atoms with van der Waals surface area (Å²) in [4.78, 5) is 0. The summed E-state index contributed by atoms with van der Waals surface area (Å²) in [6.07, 6.45) is -0.575. The predicted octanol–water partition coefficient (Wildman–Crippen LogP) is 5.06. The summed E-state index contributed by atoms with van der Waals surface area (Å²) < 4.78 is 11.5. The van der Waals surface area contributed by atoms with Crippen molar-refractivity contribution in [3.8, 4) is 11.5 Å². The minimum Gasteiger partial charge on any atom is -0.493 e. The molecule has 3 aromatic rings. The minimum atomic E-state index is -0.575. The van der Waals surface area contributed by atoms with E-state index in [1.165, 1.54) is 5.56 Å². The predicted molar refractivity (Wildman–Crippen MR) is 117 cm³/mol. The quantitative estimate of drug-likeness (QED) is 0.516. The van der Waals surface area contributed by atoms with Gasteiger partial charge in [-0.3, -0.25) is 0 Å². The first-order valence-corrected chi connectivity index (χ1v) is 9.93. The summed E-state index contributed by atoms with van der Waals surface area (Å²) in [6.45, 7) is 3.44. The maximum Gasteiger partial charge on any atom is 0.163 e. The summed E-state index contributed by atoms with van der Waals surface area (Å²) in [6, 6.07) is 21.3. The molecule has 4 nitrogen and oxygen atoms in total. The molecular formula is C24H26ClNO3. The number of aliphatic hydroxyl groups excluding tert-OH is 1. The maximum atomic E-state index is 10.3. The molecule has 0 aliphatic heterocycles. The summed E-state index contributed by atoms with van der Waals surface area (Å²) in [5.74, 6) is 1.23. The lowest BCUT2D eigenvalue weighted by Gasteiger charge is -2.16. The highest BCUT2D eigenvalue weighted by Crippen LogP contribution is 2.34. The minimum absolute atomic E-state index is 0.425. The van der Waals surface area contributed by atoms with Gasteiger partial charge in [-0.25, -0.2) is 0 Å². The molecule has 0 bridgehead atoms. The lowest BCUT2D eigenvalue weighted by atomic mass is 10.1. The van der Waals surface area contributed by atoms with Crippen LogP contribution in [0, 0.1) is 6.92 Å². The van der Waals surface area contributed by atoms with Crippen LogP contribution < -0.4 is 14.8 Å². The number of methoxy groups -OCH3 is 1. The Hall–Kier alpha value is -2.53. The van der Waals surface area contributed by atoms with E-state index in [9.17, 15) is 5.11 Å². The zero-order valence-corrected chi connectivity index (χ0v) is 17.4. The number of nitrogens with one attached hydrogen (secondary N) is 1. The molecule has 5 heteroatoms. The fourth-order valence-electron chi connectivity index (χ4n) is 3.05. The van der Waals surface area contributed by atoms with Gasteiger partial charge < -0.3 is 19.9 Å². The molecule has 0 radical (unpaired) electrons. The maximum absolute atomic E-state index is 10.3. The fourth-order valence-corrected chi connectivity index (χ4v) is 3.27. The third-order valence-corrected chi connectivity index (χ3v) is 5.17. The largest absolute Gasteiger partial charge is 0.493 e. The van der Waals surface area contributed by atoms with Gasteiger partial charge in [-0.05, 0) is 35.2 Å². The van der Waals surface area contributed by atoms with Crippen LogP contribution in [0.5, 0.6) is 11.5 Å². The molecule has 0 aliphatic carbocycles. The van der Waals surface area contributed by atoms with Crippen molar-refractivity contribution in [2.45, 2.75) is 26.2 Å². The van der Waals surface area contributed by atoms with Gasteiger partial charge >= 0.3 is 0 Å². The Morgan fingerprint density at radius 3 is 2.41 bits per heavy atom. The highest BCUT2D eigenvalue weighted by atomic mass is 35.5. The Morgan fingerprint density at radius 2 is 1.69 bits per heavy atom. The summed E-state index contributed by atoms with van der Waals surface area (Å²) >= 11 is 6.47. The van der Waals surface area contributed by atoms with Gasteiger partial charge in [0.15, 0.2) is 11.5 Å². The van der Waals surface area contributed by atoms with Crippen LogP contribution in [0.3, 0.4) is 0 Å². The van der Waals surface area contributed by atoms with Crippen molar-refractivity contribution in [1.29, 1.82) is 0 Å². The zero-order valence-electron chi connectivity index (χ0n) is 16.7. The number of benzene rings is 3. The van der Waals surface area contributed by atoms with Gasteiger partial charge in [-0.15, -0.1) is 0 Å². The zero-order chi connectivity index (χ0) is 20.6. The molecular weight excluding hydrogens is 386 g/mol. The van der Waals surface area contributed by atoms with E-state index >= 15 is 0 Å². The van der Waals surface area contributed by atoms with E-state index in [1.807, 2.05) is 54.6 Å². The van der Waals surface area contributed by atoms with Crippen molar-refractivity contribution >= 4 is 11.6 Å². The second-order valence-corrected chi connectivity index (χ2v) is 7.27. The van der Waals surface area contributed by atoms with E-state index in [4.69, 9.17) is 21.1 Å². The Morgan fingerprint density at radius 1 is 0.966 bits per heavy atom. The van der Waals surface area contributed by atoms with Crippen LogP contribution in [-0.4, -0.2) is 18.8 Å². The molecule has 0 amide bonds. The number of halogens is 1. The molecule has 0 saturated carbocycles. The highest BCUT2D eigenvalue weighted by molar-refractivity contribution is 6.31. The van der Waals surface area contributed by atoms with Gasteiger partial charge in [0.1, 0.15) is 6.61 Å². The summed E-state index contributed by atoms with van der Waals surface area (Å²) in [5, 5.41) is 14.1. The van der Waals surface area contributed by atoms with Gasteiger partial charge in [-0.1, -0.05) is 66.2 Å². The summed E-state index contributed by atoms with van der Waals surface area (Å²) in [5.41, 5.74) is 4.05. The second-order valence-electron chi connectivity index (χ2n) is 6.87. The Balaban J connectivity index is 1.62. The van der Waals surface area contributed by atoms with Crippen LogP contribution in [0.4, 0.5) is 0 Å². The molecule has 0 aliphatic rings. The van der Waals surface area contributed by atoms with Gasteiger partial charge in [0, 0.05) is 24.2 Å². The standard InChI is InChI=1S/C24H26ClNO3/c1-17-8-6-7-11-19(17)16-29-24-13-21(25)20(12-23(24)28-2)14-26-15-22(27)18-9-4-3-5-10-18/h3-13,22,26-27H,14-16H2,1-2H3. The first kappa shape index (κ1) is 21.2. The van der Waals surface area contributed by atoms with Crippen LogP contribution in [0.1, 0.15) is 28.4 Å². The lowest BCUT2D eigenvalue weighted by Crippen LogP contribution is -2.21. The SMILES string of the molecule is COc1cc(CNCC(O)c2ccccc2)c(Cl)cc1OCc1ccccc1C. The smallest absolute Gasteiger partial charge is 0.163 e. The van der Waals surface area contributed by atoms with Crippen LogP contribution in [0.15, 0.2) is 66.7 Å². The van der Waals surface area contributed by atoms with E-state index in [0.29, 0.717) is 36.2 Å². The van der Waals surface area contributed by atoms with Crippen LogP contribution in [0.2, 0.25) is 5.02 Å². The number of aryl methyl sites for hydroxylation is 1. The molecule has 0 saturated heterocycles. The molecule has 0 aromatic heterocycles. The van der Waals surface area contributed by atoms with Gasteiger partial charge in [0.05, 0.1) is 13.2 Å². The monoisotopic (exact) mass is 411 g/mol. The number of ether oxygens (including phenoxy) is 2. The van der Waals surface area contributed by atoms with Crippen LogP contribution in [0.25, 0.3) is 0 Å².